The molecule has 0 nitrogen and oxygen atoms in total. The molecular formula is C30H28Si. The predicted octanol–water partition coefficient (Wildman–Crippen LogP) is 6.08. The van der Waals surface area contributed by atoms with Gasteiger partial charge in [0.05, 0.1) is 0 Å². The lowest BCUT2D eigenvalue weighted by Gasteiger charge is -2.37. The minimum Gasteiger partial charge on any atom is -0.0888 e. The molecule has 31 heavy (non-hydrogen) atoms. The van der Waals surface area contributed by atoms with Crippen molar-refractivity contribution in [2.75, 3.05) is 0 Å². The Morgan fingerprint density at radius 3 is 1.45 bits per heavy atom. The molecule has 0 spiro atoms. The first kappa shape index (κ1) is 19.8. The Labute approximate surface area is 186 Å². The molecular weight excluding hydrogens is 388 g/mol. The highest BCUT2D eigenvalue weighted by Gasteiger charge is 2.50. The lowest BCUT2D eigenvalue weighted by Crippen LogP contribution is -2.60. The Kier molecular flexibility index (Phi) is 5.21. The van der Waals surface area contributed by atoms with Gasteiger partial charge in [0, 0.05) is 11.5 Å². The molecule has 4 aromatic carbocycles. The molecule has 0 fully saturated rings. The number of aryl methyl sites for hydroxylation is 2. The molecule has 0 aromatic heterocycles. The average Bonchev–Trinajstić information content (AvgIpc) is 3.23. The Bertz CT molecular complexity index is 1130. The van der Waals surface area contributed by atoms with Gasteiger partial charge < -0.3 is 0 Å². The van der Waals surface area contributed by atoms with Crippen LogP contribution in [0.1, 0.15) is 33.7 Å². The van der Waals surface area contributed by atoms with Crippen LogP contribution in [0.3, 0.4) is 0 Å². The van der Waals surface area contributed by atoms with Crippen LogP contribution in [0.4, 0.5) is 0 Å². The zero-order chi connectivity index (χ0) is 21.3. The van der Waals surface area contributed by atoms with E-state index in [0.29, 0.717) is 11.5 Å². The number of allylic oxidation sites excluding steroid dienone is 1. The highest BCUT2D eigenvalue weighted by molar-refractivity contribution is 7.07. The molecule has 5 rings (SSSR count). The zero-order valence-electron chi connectivity index (χ0n) is 18.2. The molecule has 152 valence electrons. The molecule has 0 radical (unpaired) electrons. The van der Waals surface area contributed by atoms with Crippen molar-refractivity contribution in [3.63, 3.8) is 0 Å². The summed E-state index contributed by atoms with van der Waals surface area (Å²) in [4.78, 5) is 0. The molecule has 0 aliphatic carbocycles. The Morgan fingerprint density at radius 2 is 0.968 bits per heavy atom. The third kappa shape index (κ3) is 3.49. The zero-order valence-corrected chi connectivity index (χ0v) is 19.2. The fraction of sp³-hybridized carbons (Fsp3) is 0.133. The van der Waals surface area contributed by atoms with Crippen molar-refractivity contribution in [2.45, 2.75) is 25.3 Å². The molecule has 4 aromatic rings. The van der Waals surface area contributed by atoms with Crippen molar-refractivity contribution >= 4 is 18.4 Å². The van der Waals surface area contributed by atoms with Gasteiger partial charge in [-0.25, -0.2) is 0 Å². The maximum atomic E-state index is 2.60. The molecule has 1 aliphatic rings. The first-order valence-corrected chi connectivity index (χ1v) is 13.3. The molecule has 2 unspecified atom stereocenters. The summed E-state index contributed by atoms with van der Waals surface area (Å²) >= 11 is 0. The van der Waals surface area contributed by atoms with E-state index in [2.05, 4.69) is 135 Å². The van der Waals surface area contributed by atoms with Crippen LogP contribution in [0.15, 0.2) is 121 Å². The summed E-state index contributed by atoms with van der Waals surface area (Å²) in [5.41, 5.74) is 8.50. The summed E-state index contributed by atoms with van der Waals surface area (Å²) in [7, 11) is -2.21. The normalized spacial score (nSPS) is 19.4. The number of rotatable bonds is 4. The largest absolute Gasteiger partial charge is 0.149 e. The topological polar surface area (TPSA) is 0 Å². The van der Waals surface area contributed by atoms with Crippen LogP contribution < -0.4 is 10.4 Å². The first-order chi connectivity index (χ1) is 15.2. The molecule has 1 aliphatic heterocycles. The van der Waals surface area contributed by atoms with Crippen molar-refractivity contribution in [1.82, 2.24) is 0 Å². The van der Waals surface area contributed by atoms with Crippen molar-refractivity contribution in [1.29, 1.82) is 0 Å². The van der Waals surface area contributed by atoms with Crippen molar-refractivity contribution in [2.24, 2.45) is 0 Å². The lowest BCUT2D eigenvalue weighted by molar-refractivity contribution is 0.802. The average molecular weight is 417 g/mol. The van der Waals surface area contributed by atoms with Gasteiger partial charge >= 0.3 is 0 Å². The second-order valence-corrected chi connectivity index (χ2v) is 12.6. The van der Waals surface area contributed by atoms with E-state index in [4.69, 9.17) is 0 Å². The second-order valence-electron chi connectivity index (χ2n) is 8.79. The van der Waals surface area contributed by atoms with E-state index in [1.54, 1.807) is 0 Å². The van der Waals surface area contributed by atoms with E-state index in [-0.39, 0.29) is 0 Å². The van der Waals surface area contributed by atoms with Crippen molar-refractivity contribution in [3.05, 3.63) is 143 Å². The van der Waals surface area contributed by atoms with Crippen molar-refractivity contribution in [3.8, 4) is 0 Å². The van der Waals surface area contributed by atoms with E-state index in [1.807, 2.05) is 0 Å². The molecule has 0 saturated carbocycles. The number of benzene rings is 4. The number of hydrogen-bond donors (Lipinski definition) is 0. The van der Waals surface area contributed by atoms with E-state index in [9.17, 15) is 0 Å². The third-order valence-electron chi connectivity index (χ3n) is 6.82. The van der Waals surface area contributed by atoms with Gasteiger partial charge in [-0.3, -0.25) is 0 Å². The smallest absolute Gasteiger partial charge is 0.0888 e. The van der Waals surface area contributed by atoms with Gasteiger partial charge in [0.1, 0.15) is 8.07 Å². The van der Waals surface area contributed by atoms with Gasteiger partial charge in [0.25, 0.3) is 0 Å². The minimum atomic E-state index is -2.21. The SMILES string of the molecule is Cc1ccc(C2C=C[Si](c3ccccc3)(c3ccccc3)C2c2ccc(C)cc2)cc1. The van der Waals surface area contributed by atoms with Gasteiger partial charge in [-0.1, -0.05) is 132 Å². The Morgan fingerprint density at radius 1 is 0.516 bits per heavy atom. The van der Waals surface area contributed by atoms with Crippen LogP contribution in [0.2, 0.25) is 0 Å². The summed E-state index contributed by atoms with van der Waals surface area (Å²) in [6, 6.07) is 40.9. The summed E-state index contributed by atoms with van der Waals surface area (Å²) in [6.07, 6.45) is 2.50. The van der Waals surface area contributed by atoms with Crippen LogP contribution in [-0.4, -0.2) is 8.07 Å². The summed E-state index contributed by atoms with van der Waals surface area (Å²) in [5.74, 6) is 0.371. The minimum absolute atomic E-state index is 0.371. The maximum absolute atomic E-state index is 2.60. The van der Waals surface area contributed by atoms with Crippen LogP contribution in [-0.2, 0) is 0 Å². The second kappa shape index (κ2) is 8.17. The lowest BCUT2D eigenvalue weighted by atomic mass is 9.91. The molecule has 0 saturated heterocycles. The Hall–Kier alpha value is -3.16. The van der Waals surface area contributed by atoms with Crippen molar-refractivity contribution < 1.29 is 0 Å². The van der Waals surface area contributed by atoms with E-state index >= 15 is 0 Å². The molecule has 0 amide bonds. The quantitative estimate of drug-likeness (QED) is 0.354. The van der Waals surface area contributed by atoms with Crippen LogP contribution >= 0.6 is 0 Å². The highest BCUT2D eigenvalue weighted by atomic mass is 28.3. The monoisotopic (exact) mass is 416 g/mol. The van der Waals surface area contributed by atoms with Crippen LogP contribution in [0.5, 0.6) is 0 Å². The highest BCUT2D eigenvalue weighted by Crippen LogP contribution is 2.46. The maximum Gasteiger partial charge on any atom is 0.149 e. The van der Waals surface area contributed by atoms with Gasteiger partial charge in [-0.15, -0.1) is 0 Å². The van der Waals surface area contributed by atoms with E-state index in [0.717, 1.165) is 0 Å². The summed E-state index contributed by atoms with van der Waals surface area (Å²) in [5, 5.41) is 2.97. The van der Waals surface area contributed by atoms with Crippen LogP contribution in [0.25, 0.3) is 0 Å². The standard InChI is InChI=1S/C30H28Si/c1-23-13-17-25(18-14-23)29-21-22-31(27-9-5-3-6-10-27,28-11-7-4-8-12-28)30(29)26-19-15-24(2)16-20-26/h3-22,29-30H,1-2H3. The predicted molar refractivity (Wildman–Crippen MR) is 135 cm³/mol. The molecule has 1 heterocycles. The van der Waals surface area contributed by atoms with Gasteiger partial charge in [0.2, 0.25) is 0 Å². The summed E-state index contributed by atoms with van der Waals surface area (Å²) in [6.45, 7) is 4.34. The van der Waals surface area contributed by atoms with Gasteiger partial charge in [-0.2, -0.15) is 0 Å². The summed E-state index contributed by atoms with van der Waals surface area (Å²) < 4.78 is 0. The number of hydrogen-bond acceptors (Lipinski definition) is 0. The van der Waals surface area contributed by atoms with Crippen LogP contribution in [0, 0.1) is 13.8 Å². The third-order valence-corrected chi connectivity index (χ3v) is 11.8. The molecule has 0 bridgehead atoms. The fourth-order valence-corrected chi connectivity index (χ4v) is 10.5. The molecule has 2 atom stereocenters. The van der Waals surface area contributed by atoms with Gasteiger partial charge in [0.15, 0.2) is 0 Å². The molecule has 1 heteroatoms. The van der Waals surface area contributed by atoms with E-state index < -0.39 is 8.07 Å². The first-order valence-electron chi connectivity index (χ1n) is 11.1. The molecule has 0 N–H and O–H groups in total. The van der Waals surface area contributed by atoms with Gasteiger partial charge in [-0.05, 0) is 35.3 Å². The fourth-order valence-electron chi connectivity index (χ4n) is 5.24. The van der Waals surface area contributed by atoms with E-state index in [1.165, 1.54) is 32.6 Å². The Balaban J connectivity index is 1.77.